The van der Waals surface area contributed by atoms with Crippen LogP contribution in [-0.2, 0) is 21.3 Å². The lowest BCUT2D eigenvalue weighted by Gasteiger charge is -2.15. The average Bonchev–Trinajstić information content (AvgIpc) is 3.20. The highest BCUT2D eigenvalue weighted by Gasteiger charge is 2.29. The van der Waals surface area contributed by atoms with Crippen LogP contribution >= 0.6 is 0 Å². The molecule has 1 aromatic heterocycles. The summed E-state index contributed by atoms with van der Waals surface area (Å²) in [5.41, 5.74) is 1.03. The highest BCUT2D eigenvalue weighted by molar-refractivity contribution is 7.89. The van der Waals surface area contributed by atoms with Crippen LogP contribution in [0.4, 0.5) is 0 Å². The highest BCUT2D eigenvalue weighted by Crippen LogP contribution is 2.37. The maximum absolute atomic E-state index is 12.6. The van der Waals surface area contributed by atoms with Gasteiger partial charge >= 0.3 is 0 Å². The van der Waals surface area contributed by atoms with Crippen molar-refractivity contribution in [3.63, 3.8) is 0 Å². The lowest BCUT2D eigenvalue weighted by molar-refractivity contribution is 0.189. The molecule has 0 aliphatic heterocycles. The topological polar surface area (TPSA) is 63.6 Å². The van der Waals surface area contributed by atoms with Crippen LogP contribution in [0.5, 0.6) is 0 Å². The summed E-state index contributed by atoms with van der Waals surface area (Å²) >= 11 is 0. The molecule has 2 rings (SSSR count). The molecule has 0 spiro atoms. The van der Waals surface area contributed by atoms with E-state index in [4.69, 9.17) is 4.74 Å². The van der Waals surface area contributed by atoms with E-state index in [1.807, 2.05) is 7.05 Å². The lowest BCUT2D eigenvalue weighted by Crippen LogP contribution is -2.28. The molecule has 0 bridgehead atoms. The normalized spacial score (nSPS) is 15.8. The number of hydrogen-bond donors (Lipinski definition) is 1. The van der Waals surface area contributed by atoms with Gasteiger partial charge in [-0.25, -0.2) is 12.7 Å². The van der Waals surface area contributed by atoms with E-state index in [-0.39, 0.29) is 0 Å². The Balaban J connectivity index is 2.17. The molecule has 0 radical (unpaired) electrons. The summed E-state index contributed by atoms with van der Waals surface area (Å²) in [6.45, 7) is 1.71. The Kier molecular flexibility index (Phi) is 5.43. The van der Waals surface area contributed by atoms with Crippen LogP contribution < -0.4 is 5.32 Å². The maximum atomic E-state index is 12.6. The number of hydrogen-bond acceptors (Lipinski definition) is 4. The SMILES string of the molecule is CNCc1cc(S(=O)(=O)N(C)CCCOC)cn1C1CC1. The molecule has 1 aliphatic carbocycles. The minimum atomic E-state index is -3.42. The Morgan fingerprint density at radius 1 is 1.48 bits per heavy atom. The summed E-state index contributed by atoms with van der Waals surface area (Å²) < 4.78 is 33.7. The van der Waals surface area contributed by atoms with Crippen LogP contribution in [0.15, 0.2) is 17.2 Å². The molecule has 0 aromatic carbocycles. The second-order valence-corrected chi connectivity index (χ2v) is 7.55. The van der Waals surface area contributed by atoms with Crippen LogP contribution in [0.3, 0.4) is 0 Å². The van der Waals surface area contributed by atoms with Gasteiger partial charge in [-0.3, -0.25) is 0 Å². The van der Waals surface area contributed by atoms with Gasteiger partial charge in [0.1, 0.15) is 4.90 Å². The third kappa shape index (κ3) is 3.85. The summed E-state index contributed by atoms with van der Waals surface area (Å²) in [7, 11) is 1.70. The first-order valence-electron chi connectivity index (χ1n) is 7.31. The number of methoxy groups -OCH3 is 1. The second kappa shape index (κ2) is 6.91. The Morgan fingerprint density at radius 2 is 2.19 bits per heavy atom. The van der Waals surface area contributed by atoms with Gasteiger partial charge in [0.2, 0.25) is 10.0 Å². The molecule has 1 saturated carbocycles. The van der Waals surface area contributed by atoms with Gasteiger partial charge in [0.05, 0.1) is 0 Å². The van der Waals surface area contributed by atoms with Crippen molar-refractivity contribution in [1.82, 2.24) is 14.2 Å². The molecule has 1 aromatic rings. The number of aromatic nitrogens is 1. The molecule has 0 saturated heterocycles. The van der Waals surface area contributed by atoms with Crippen molar-refractivity contribution in [2.24, 2.45) is 0 Å². The quantitative estimate of drug-likeness (QED) is 0.696. The van der Waals surface area contributed by atoms with E-state index in [0.717, 1.165) is 18.5 Å². The van der Waals surface area contributed by atoms with E-state index in [9.17, 15) is 8.42 Å². The fourth-order valence-corrected chi connectivity index (χ4v) is 3.65. The van der Waals surface area contributed by atoms with Gasteiger partial charge in [-0.15, -0.1) is 0 Å². The zero-order valence-electron chi connectivity index (χ0n) is 13.0. The predicted octanol–water partition coefficient (Wildman–Crippen LogP) is 1.20. The van der Waals surface area contributed by atoms with Crippen LogP contribution in [0.1, 0.15) is 31.0 Å². The highest BCUT2D eigenvalue weighted by atomic mass is 32.2. The van der Waals surface area contributed by atoms with E-state index >= 15 is 0 Å². The molecular formula is C14H25N3O3S. The van der Waals surface area contributed by atoms with Crippen molar-refractivity contribution in [2.75, 3.05) is 34.4 Å². The van der Waals surface area contributed by atoms with Gasteiger partial charge in [0, 0.05) is 51.8 Å². The van der Waals surface area contributed by atoms with Crippen LogP contribution in [0, 0.1) is 0 Å². The van der Waals surface area contributed by atoms with Crippen molar-refractivity contribution < 1.29 is 13.2 Å². The fourth-order valence-electron chi connectivity index (χ4n) is 2.38. The molecule has 7 heteroatoms. The molecule has 0 unspecified atom stereocenters. The largest absolute Gasteiger partial charge is 0.385 e. The third-order valence-electron chi connectivity index (χ3n) is 3.73. The molecule has 1 N–H and O–H groups in total. The third-order valence-corrected chi connectivity index (χ3v) is 5.56. The molecular weight excluding hydrogens is 290 g/mol. The first kappa shape index (κ1) is 16.5. The van der Waals surface area contributed by atoms with E-state index in [0.29, 0.717) is 37.1 Å². The van der Waals surface area contributed by atoms with Crippen molar-refractivity contribution in [3.05, 3.63) is 18.0 Å². The number of nitrogens with one attached hydrogen (secondary N) is 1. The molecule has 0 amide bonds. The molecule has 1 aliphatic rings. The second-order valence-electron chi connectivity index (χ2n) is 5.51. The maximum Gasteiger partial charge on any atom is 0.244 e. The predicted molar refractivity (Wildman–Crippen MR) is 81.8 cm³/mol. The Bertz CT molecular complexity index is 564. The molecule has 6 nitrogen and oxygen atoms in total. The van der Waals surface area contributed by atoms with E-state index < -0.39 is 10.0 Å². The Morgan fingerprint density at radius 3 is 2.76 bits per heavy atom. The first-order valence-corrected chi connectivity index (χ1v) is 8.75. The Labute approximate surface area is 127 Å². The van der Waals surface area contributed by atoms with Gasteiger partial charge in [0.15, 0.2) is 0 Å². The smallest absolute Gasteiger partial charge is 0.244 e. The average molecular weight is 315 g/mol. The van der Waals surface area contributed by atoms with Crippen LogP contribution in [0.2, 0.25) is 0 Å². The van der Waals surface area contributed by atoms with Gasteiger partial charge in [-0.1, -0.05) is 0 Å². The fraction of sp³-hybridized carbons (Fsp3) is 0.714. The lowest BCUT2D eigenvalue weighted by atomic mass is 10.4. The summed E-state index contributed by atoms with van der Waals surface area (Å²) in [5, 5.41) is 3.10. The summed E-state index contributed by atoms with van der Waals surface area (Å²) in [6.07, 6.45) is 4.74. The van der Waals surface area contributed by atoms with Gasteiger partial charge in [-0.2, -0.15) is 0 Å². The molecule has 1 heterocycles. The van der Waals surface area contributed by atoms with Crippen LogP contribution in [0.25, 0.3) is 0 Å². The van der Waals surface area contributed by atoms with Crippen molar-refractivity contribution >= 4 is 10.0 Å². The molecule has 1 fully saturated rings. The minimum absolute atomic E-state index is 0.388. The van der Waals surface area contributed by atoms with E-state index in [1.165, 1.54) is 4.31 Å². The molecule has 120 valence electrons. The van der Waals surface area contributed by atoms with E-state index in [1.54, 1.807) is 26.4 Å². The van der Waals surface area contributed by atoms with Crippen molar-refractivity contribution in [3.8, 4) is 0 Å². The summed E-state index contributed by atoms with van der Waals surface area (Å²) in [5.74, 6) is 0. The van der Waals surface area contributed by atoms with Gasteiger partial charge in [0.25, 0.3) is 0 Å². The van der Waals surface area contributed by atoms with Gasteiger partial charge in [-0.05, 0) is 32.4 Å². The number of ether oxygens (including phenoxy) is 1. The van der Waals surface area contributed by atoms with Crippen molar-refractivity contribution in [1.29, 1.82) is 0 Å². The van der Waals surface area contributed by atoms with Gasteiger partial charge < -0.3 is 14.6 Å². The standard InChI is InChI=1S/C14H25N3O3S/c1-15-10-13-9-14(11-17(13)12-5-6-12)21(18,19)16(2)7-4-8-20-3/h9,11-12,15H,4-8,10H2,1-3H3. The summed E-state index contributed by atoms with van der Waals surface area (Å²) in [4.78, 5) is 0.388. The zero-order chi connectivity index (χ0) is 15.5. The number of rotatable bonds is 9. The van der Waals surface area contributed by atoms with E-state index in [2.05, 4.69) is 9.88 Å². The van der Waals surface area contributed by atoms with Crippen LogP contribution in [-0.4, -0.2) is 51.6 Å². The molecule has 0 atom stereocenters. The monoisotopic (exact) mass is 315 g/mol. The number of nitrogens with zero attached hydrogens (tertiary/aromatic N) is 2. The minimum Gasteiger partial charge on any atom is -0.385 e. The first-order chi connectivity index (χ1) is 10.0. The molecule has 21 heavy (non-hydrogen) atoms. The van der Waals surface area contributed by atoms with Crippen molar-refractivity contribution in [2.45, 2.75) is 36.7 Å². The zero-order valence-corrected chi connectivity index (χ0v) is 13.8. The summed E-state index contributed by atoms with van der Waals surface area (Å²) in [6, 6.07) is 2.26. The Hall–Kier alpha value is -0.890. The number of sulfonamides is 1.